The van der Waals surface area contributed by atoms with E-state index in [1.807, 2.05) is 36.4 Å². The molecule has 0 spiro atoms. The minimum Gasteiger partial charge on any atom is -0.454 e. The number of carbonyl (C=O) groups excluding carboxylic acids is 4. The highest BCUT2D eigenvalue weighted by Crippen LogP contribution is 2.37. The summed E-state index contributed by atoms with van der Waals surface area (Å²) in [5.74, 6) is -1.31. The first-order chi connectivity index (χ1) is 17.0. The Balaban J connectivity index is 1.17. The minimum atomic E-state index is -0.624. The van der Waals surface area contributed by atoms with Crippen LogP contribution in [0.15, 0.2) is 60.7 Å². The Morgan fingerprint density at radius 3 is 1.94 bits per heavy atom. The van der Waals surface area contributed by atoms with Gasteiger partial charge in [-0.25, -0.2) is 4.79 Å². The molecule has 180 valence electrons. The Hall–Kier alpha value is -3.54. The molecule has 1 aliphatic heterocycles. The predicted molar refractivity (Wildman–Crippen MR) is 131 cm³/mol. The van der Waals surface area contributed by atoms with Crippen molar-refractivity contribution >= 4 is 29.3 Å². The van der Waals surface area contributed by atoms with Crippen LogP contribution in [0.2, 0.25) is 0 Å². The number of esters is 1. The number of fused-ring (bicyclic) bond motifs is 1. The summed E-state index contributed by atoms with van der Waals surface area (Å²) in [7, 11) is 0. The van der Waals surface area contributed by atoms with E-state index in [1.165, 1.54) is 54.7 Å². The van der Waals surface area contributed by atoms with Gasteiger partial charge in [-0.15, -0.1) is 0 Å². The number of amides is 2. The SMILES string of the molecule is O=C(COC(=O)c1ccc(N2C(=O)C3CC=CCC3C2=O)cc1)c1ccc(C2CCCCC2)cc1. The summed E-state index contributed by atoms with van der Waals surface area (Å²) in [6.45, 7) is -0.344. The third-order valence-corrected chi connectivity index (χ3v) is 7.51. The fourth-order valence-corrected chi connectivity index (χ4v) is 5.48. The van der Waals surface area contributed by atoms with E-state index in [0.717, 1.165) is 0 Å². The van der Waals surface area contributed by atoms with Gasteiger partial charge in [-0.3, -0.25) is 19.3 Å². The molecule has 2 aromatic carbocycles. The van der Waals surface area contributed by atoms with Crippen LogP contribution in [0.5, 0.6) is 0 Å². The lowest BCUT2D eigenvalue weighted by atomic mass is 9.84. The third kappa shape index (κ3) is 4.70. The molecule has 0 radical (unpaired) electrons. The zero-order chi connectivity index (χ0) is 24.4. The van der Waals surface area contributed by atoms with Crippen molar-refractivity contribution in [3.63, 3.8) is 0 Å². The van der Waals surface area contributed by atoms with Crippen molar-refractivity contribution in [1.29, 1.82) is 0 Å². The number of hydrogen-bond donors (Lipinski definition) is 0. The number of ketones is 1. The zero-order valence-electron chi connectivity index (χ0n) is 19.7. The maximum absolute atomic E-state index is 12.7. The number of Topliss-reactive ketones (excluding diaryl/α,β-unsaturated/α-hetero) is 1. The summed E-state index contributed by atoms with van der Waals surface area (Å²) >= 11 is 0. The lowest BCUT2D eigenvalue weighted by Crippen LogP contribution is -2.30. The number of rotatable bonds is 6. The Morgan fingerprint density at radius 2 is 1.34 bits per heavy atom. The average molecular weight is 472 g/mol. The molecule has 2 amide bonds. The van der Waals surface area contributed by atoms with Crippen LogP contribution in [0.3, 0.4) is 0 Å². The highest BCUT2D eigenvalue weighted by atomic mass is 16.5. The zero-order valence-corrected chi connectivity index (χ0v) is 19.7. The molecule has 2 atom stereocenters. The molecule has 6 nitrogen and oxygen atoms in total. The van der Waals surface area contributed by atoms with Gasteiger partial charge in [0.2, 0.25) is 11.8 Å². The van der Waals surface area contributed by atoms with Gasteiger partial charge in [-0.05, 0) is 61.4 Å². The number of imide groups is 1. The minimum absolute atomic E-state index is 0.195. The fourth-order valence-electron chi connectivity index (χ4n) is 5.48. The number of hydrogen-bond acceptors (Lipinski definition) is 5. The first-order valence-electron chi connectivity index (χ1n) is 12.5. The standard InChI is InChI=1S/C29H29NO5/c31-26(21-12-10-20(11-13-21)19-6-2-1-3-7-19)18-35-29(34)22-14-16-23(17-15-22)30-27(32)24-8-4-5-9-25(24)28(30)33/h4-5,10-17,19,24-25H,1-3,6-9,18H2. The lowest BCUT2D eigenvalue weighted by Gasteiger charge is -2.22. The van der Waals surface area contributed by atoms with E-state index in [2.05, 4.69) is 0 Å². The molecule has 2 aromatic rings. The van der Waals surface area contributed by atoms with Gasteiger partial charge in [0.05, 0.1) is 23.1 Å². The smallest absolute Gasteiger partial charge is 0.338 e. The van der Waals surface area contributed by atoms with E-state index in [9.17, 15) is 19.2 Å². The van der Waals surface area contributed by atoms with Gasteiger partial charge < -0.3 is 4.74 Å². The van der Waals surface area contributed by atoms with Crippen LogP contribution in [0, 0.1) is 11.8 Å². The molecular formula is C29H29NO5. The molecule has 0 aromatic heterocycles. The molecule has 5 rings (SSSR count). The molecule has 35 heavy (non-hydrogen) atoms. The normalized spacial score (nSPS) is 22.2. The summed E-state index contributed by atoms with van der Waals surface area (Å²) in [5.41, 5.74) is 2.49. The summed E-state index contributed by atoms with van der Waals surface area (Å²) in [6, 6.07) is 13.8. The van der Waals surface area contributed by atoms with E-state index in [1.54, 1.807) is 12.1 Å². The summed E-state index contributed by atoms with van der Waals surface area (Å²) in [5, 5.41) is 0. The Kier molecular flexibility index (Phi) is 6.62. The van der Waals surface area contributed by atoms with Crippen molar-refractivity contribution in [1.82, 2.24) is 0 Å². The molecule has 1 heterocycles. The molecule has 1 saturated heterocycles. The maximum Gasteiger partial charge on any atom is 0.338 e. The molecule has 2 unspecified atom stereocenters. The second kappa shape index (κ2) is 9.98. The van der Waals surface area contributed by atoms with E-state index in [0.29, 0.717) is 30.0 Å². The van der Waals surface area contributed by atoms with Gasteiger partial charge in [-0.1, -0.05) is 55.7 Å². The van der Waals surface area contributed by atoms with Crippen LogP contribution >= 0.6 is 0 Å². The van der Waals surface area contributed by atoms with Crippen molar-refractivity contribution in [2.24, 2.45) is 11.8 Å². The number of allylic oxidation sites excluding steroid dienone is 2. The second-order valence-corrected chi connectivity index (χ2v) is 9.67. The van der Waals surface area contributed by atoms with E-state index >= 15 is 0 Å². The number of benzene rings is 2. The van der Waals surface area contributed by atoms with Crippen LogP contribution in [0.4, 0.5) is 5.69 Å². The van der Waals surface area contributed by atoms with Gasteiger partial charge in [0, 0.05) is 5.56 Å². The molecular weight excluding hydrogens is 442 g/mol. The number of nitrogens with zero attached hydrogens (tertiary/aromatic N) is 1. The number of ether oxygens (including phenoxy) is 1. The average Bonchev–Trinajstić information content (AvgIpc) is 3.17. The lowest BCUT2D eigenvalue weighted by molar-refractivity contribution is -0.122. The van der Waals surface area contributed by atoms with Crippen molar-refractivity contribution in [3.8, 4) is 0 Å². The maximum atomic E-state index is 12.7. The van der Waals surface area contributed by atoms with Crippen molar-refractivity contribution in [2.45, 2.75) is 50.9 Å². The van der Waals surface area contributed by atoms with E-state index < -0.39 is 5.97 Å². The van der Waals surface area contributed by atoms with Crippen molar-refractivity contribution in [2.75, 3.05) is 11.5 Å². The first-order valence-corrected chi connectivity index (χ1v) is 12.5. The molecule has 0 N–H and O–H groups in total. The molecule has 3 aliphatic rings. The monoisotopic (exact) mass is 471 g/mol. The Labute approximate surface area is 205 Å². The predicted octanol–water partition coefficient (Wildman–Crippen LogP) is 5.23. The van der Waals surface area contributed by atoms with Gasteiger partial charge in [0.15, 0.2) is 12.4 Å². The van der Waals surface area contributed by atoms with Crippen LogP contribution in [-0.4, -0.2) is 30.2 Å². The summed E-state index contributed by atoms with van der Waals surface area (Å²) in [4.78, 5) is 51.7. The first kappa shape index (κ1) is 23.2. The van der Waals surface area contributed by atoms with Gasteiger partial charge in [0.25, 0.3) is 0 Å². The quantitative estimate of drug-likeness (QED) is 0.249. The van der Waals surface area contributed by atoms with Crippen LogP contribution in [-0.2, 0) is 14.3 Å². The topological polar surface area (TPSA) is 80.8 Å². The summed E-state index contributed by atoms with van der Waals surface area (Å²) < 4.78 is 5.23. The molecule has 2 aliphatic carbocycles. The van der Waals surface area contributed by atoms with Gasteiger partial charge >= 0.3 is 5.97 Å². The summed E-state index contributed by atoms with van der Waals surface area (Å²) in [6.07, 6.45) is 11.2. The largest absolute Gasteiger partial charge is 0.454 e. The fraction of sp³-hybridized carbons (Fsp3) is 0.379. The van der Waals surface area contributed by atoms with E-state index in [4.69, 9.17) is 4.74 Å². The Bertz CT molecular complexity index is 1130. The number of anilines is 1. The van der Waals surface area contributed by atoms with Crippen molar-refractivity contribution < 1.29 is 23.9 Å². The second-order valence-electron chi connectivity index (χ2n) is 9.67. The van der Waals surface area contributed by atoms with Crippen LogP contribution < -0.4 is 4.90 Å². The van der Waals surface area contributed by atoms with Crippen LogP contribution in [0.25, 0.3) is 0 Å². The number of carbonyl (C=O) groups is 4. The molecule has 1 saturated carbocycles. The molecule has 6 heteroatoms. The van der Waals surface area contributed by atoms with Gasteiger partial charge in [-0.2, -0.15) is 0 Å². The van der Waals surface area contributed by atoms with Crippen LogP contribution in [0.1, 0.15) is 77.1 Å². The third-order valence-electron chi connectivity index (χ3n) is 7.51. The molecule has 2 fully saturated rings. The highest BCUT2D eigenvalue weighted by Gasteiger charge is 2.47. The molecule has 0 bridgehead atoms. The highest BCUT2D eigenvalue weighted by molar-refractivity contribution is 6.22. The Morgan fingerprint density at radius 1 is 0.771 bits per heavy atom. The van der Waals surface area contributed by atoms with E-state index in [-0.39, 0.29) is 41.6 Å². The van der Waals surface area contributed by atoms with Gasteiger partial charge in [0.1, 0.15) is 0 Å². The van der Waals surface area contributed by atoms with Crippen molar-refractivity contribution in [3.05, 3.63) is 77.4 Å².